The van der Waals surface area contributed by atoms with E-state index in [-0.39, 0.29) is 47.3 Å². The number of carbonyl (C=O) groups excluding carboxylic acids is 2. The van der Waals surface area contributed by atoms with E-state index < -0.39 is 11.4 Å². The van der Waals surface area contributed by atoms with Crippen LogP contribution in [-0.2, 0) is 28.5 Å². The highest BCUT2D eigenvalue weighted by atomic mass is 32.2. The summed E-state index contributed by atoms with van der Waals surface area (Å²) < 4.78 is 23.6. The first-order chi connectivity index (χ1) is 12.8. The van der Waals surface area contributed by atoms with Gasteiger partial charge < -0.3 is 18.9 Å². The molecule has 2 saturated heterocycles. The van der Waals surface area contributed by atoms with Crippen molar-refractivity contribution in [1.82, 2.24) is 0 Å². The Bertz CT molecular complexity index is 694. The molecule has 4 fully saturated rings. The average molecular weight is 397 g/mol. The summed E-state index contributed by atoms with van der Waals surface area (Å²) in [5.41, 5.74) is -0.994. The van der Waals surface area contributed by atoms with E-state index in [4.69, 9.17) is 18.9 Å². The van der Waals surface area contributed by atoms with Gasteiger partial charge in [0.15, 0.2) is 5.60 Å². The van der Waals surface area contributed by atoms with Crippen LogP contribution in [0, 0.1) is 23.2 Å². The van der Waals surface area contributed by atoms with E-state index in [1.165, 1.54) is 17.8 Å². The summed E-state index contributed by atoms with van der Waals surface area (Å²) >= 11 is 1.47. The van der Waals surface area contributed by atoms with Gasteiger partial charge in [-0.3, -0.25) is 4.79 Å². The summed E-state index contributed by atoms with van der Waals surface area (Å²) in [7, 11) is 1.68. The highest BCUT2D eigenvalue weighted by molar-refractivity contribution is 8.01. The van der Waals surface area contributed by atoms with Gasteiger partial charge in [-0.25, -0.2) is 4.79 Å². The fourth-order valence-corrected chi connectivity index (χ4v) is 6.32. The SMILES string of the molecule is COC1C23O[C@]2(C[C@H]2CC[C@H](OC(=O)/C=C\SC)[C@H](C)[C@@]12C)OC(=O)[C@@H]3C. The monoisotopic (exact) mass is 396 g/mol. The molecule has 7 heteroatoms. The largest absolute Gasteiger partial charge is 0.459 e. The summed E-state index contributed by atoms with van der Waals surface area (Å²) in [6.07, 6.45) is 5.28. The molecule has 2 aliphatic heterocycles. The molecule has 0 bridgehead atoms. The van der Waals surface area contributed by atoms with Gasteiger partial charge in [0.05, 0.1) is 12.0 Å². The van der Waals surface area contributed by atoms with Crippen LogP contribution in [0.4, 0.5) is 0 Å². The lowest BCUT2D eigenvalue weighted by Crippen LogP contribution is -2.63. The molecule has 150 valence electrons. The standard InChI is InChI=1S/C20H28O6S/c1-11-14(24-15(21)8-9-27-5)7-6-13-10-19-20(26-19,12(2)16(22)25-19)17(23-4)18(11,13)3/h8-9,11-14,17H,6-7,10H2,1-5H3/b9-8-/t11-,12-,13+,14-,17?,18+,19-,20?/m0/s1. The van der Waals surface area contributed by atoms with Crippen molar-refractivity contribution >= 4 is 23.7 Å². The van der Waals surface area contributed by atoms with E-state index in [9.17, 15) is 9.59 Å². The molecule has 2 saturated carbocycles. The van der Waals surface area contributed by atoms with E-state index in [0.717, 1.165) is 12.8 Å². The number of methoxy groups -OCH3 is 1. The predicted molar refractivity (Wildman–Crippen MR) is 99.7 cm³/mol. The van der Waals surface area contributed by atoms with Gasteiger partial charge in [0.2, 0.25) is 5.79 Å². The molecule has 8 atom stereocenters. The number of hydrogen-bond donors (Lipinski definition) is 0. The number of ether oxygens (including phenoxy) is 4. The molecule has 0 aromatic carbocycles. The molecule has 0 radical (unpaired) electrons. The fraction of sp³-hybridized carbons (Fsp3) is 0.800. The quantitative estimate of drug-likeness (QED) is 0.411. The minimum atomic E-state index is -0.821. The van der Waals surface area contributed by atoms with Gasteiger partial charge in [-0.1, -0.05) is 13.8 Å². The first kappa shape index (κ1) is 19.3. The fourth-order valence-electron chi connectivity index (χ4n) is 6.08. The van der Waals surface area contributed by atoms with Gasteiger partial charge in [0.1, 0.15) is 6.10 Å². The van der Waals surface area contributed by atoms with Crippen LogP contribution >= 0.6 is 11.8 Å². The molecule has 4 rings (SSSR count). The normalized spacial score (nSPS) is 50.6. The maximum absolute atomic E-state index is 12.3. The second-order valence-electron chi connectivity index (χ2n) is 8.55. The second-order valence-corrected chi connectivity index (χ2v) is 9.30. The molecule has 6 nitrogen and oxygen atoms in total. The van der Waals surface area contributed by atoms with Gasteiger partial charge in [-0.2, -0.15) is 0 Å². The van der Waals surface area contributed by atoms with Crippen molar-refractivity contribution in [2.75, 3.05) is 13.4 Å². The number of rotatable bonds is 4. The third-order valence-corrected chi connectivity index (χ3v) is 8.09. The van der Waals surface area contributed by atoms with Crippen LogP contribution in [0.2, 0.25) is 0 Å². The van der Waals surface area contributed by atoms with Gasteiger partial charge in [0.25, 0.3) is 0 Å². The summed E-state index contributed by atoms with van der Waals surface area (Å²) in [6.45, 7) is 6.19. The molecule has 0 spiro atoms. The van der Waals surface area contributed by atoms with Crippen molar-refractivity contribution in [1.29, 1.82) is 0 Å². The molecule has 2 unspecified atom stereocenters. The third kappa shape index (κ3) is 2.34. The number of carbonyl (C=O) groups is 2. The lowest BCUT2D eigenvalue weighted by Gasteiger charge is -2.56. The molecular weight excluding hydrogens is 368 g/mol. The Morgan fingerprint density at radius 1 is 1.33 bits per heavy atom. The van der Waals surface area contributed by atoms with Crippen molar-refractivity contribution in [3.63, 3.8) is 0 Å². The molecular formula is C20H28O6S. The second kappa shape index (κ2) is 6.22. The van der Waals surface area contributed by atoms with Crippen molar-refractivity contribution in [2.45, 2.75) is 63.6 Å². The number of hydrogen-bond acceptors (Lipinski definition) is 7. The van der Waals surface area contributed by atoms with Crippen molar-refractivity contribution in [3.05, 3.63) is 11.5 Å². The zero-order chi connectivity index (χ0) is 19.6. The van der Waals surface area contributed by atoms with Gasteiger partial charge >= 0.3 is 11.9 Å². The van der Waals surface area contributed by atoms with Gasteiger partial charge in [-0.15, -0.1) is 11.8 Å². The van der Waals surface area contributed by atoms with Crippen molar-refractivity contribution in [2.24, 2.45) is 23.2 Å². The topological polar surface area (TPSA) is 74.4 Å². The Balaban J connectivity index is 1.63. The Hall–Kier alpha value is -1.05. The molecule has 2 heterocycles. The maximum Gasteiger partial charge on any atom is 0.331 e. The van der Waals surface area contributed by atoms with Crippen molar-refractivity contribution in [3.8, 4) is 0 Å². The zero-order valence-electron chi connectivity index (χ0n) is 16.5. The molecule has 0 aromatic rings. The third-order valence-electron chi connectivity index (χ3n) is 7.68. The Labute approximate surface area is 164 Å². The Morgan fingerprint density at radius 3 is 2.74 bits per heavy atom. The van der Waals surface area contributed by atoms with E-state index in [1.54, 1.807) is 12.5 Å². The summed E-state index contributed by atoms with van der Waals surface area (Å²) in [5.74, 6) is -1.34. The Morgan fingerprint density at radius 2 is 2.07 bits per heavy atom. The van der Waals surface area contributed by atoms with Gasteiger partial charge in [-0.05, 0) is 37.3 Å². The van der Waals surface area contributed by atoms with Crippen LogP contribution in [0.5, 0.6) is 0 Å². The molecule has 27 heavy (non-hydrogen) atoms. The maximum atomic E-state index is 12.3. The summed E-state index contributed by atoms with van der Waals surface area (Å²) in [5, 5.41) is 1.73. The van der Waals surface area contributed by atoms with Crippen LogP contribution in [0.3, 0.4) is 0 Å². The zero-order valence-corrected chi connectivity index (χ0v) is 17.3. The average Bonchev–Trinajstić information content (AvgIpc) is 3.23. The van der Waals surface area contributed by atoms with Crippen LogP contribution < -0.4 is 0 Å². The van der Waals surface area contributed by atoms with E-state index in [2.05, 4.69) is 13.8 Å². The van der Waals surface area contributed by atoms with Crippen molar-refractivity contribution < 1.29 is 28.5 Å². The first-order valence-electron chi connectivity index (χ1n) is 9.62. The summed E-state index contributed by atoms with van der Waals surface area (Å²) in [6, 6.07) is 0. The molecule has 2 aliphatic carbocycles. The summed E-state index contributed by atoms with van der Waals surface area (Å²) in [4.78, 5) is 24.4. The number of epoxide rings is 1. The van der Waals surface area contributed by atoms with Crippen LogP contribution in [-0.4, -0.2) is 48.9 Å². The number of esters is 2. The number of thioether (sulfide) groups is 1. The molecule has 0 amide bonds. The lowest BCUT2D eigenvalue weighted by molar-refractivity contribution is -0.189. The van der Waals surface area contributed by atoms with E-state index in [0.29, 0.717) is 6.42 Å². The minimum absolute atomic E-state index is 0.0762. The highest BCUT2D eigenvalue weighted by Gasteiger charge is 2.90. The molecule has 4 aliphatic rings. The molecule has 0 N–H and O–H groups in total. The minimum Gasteiger partial charge on any atom is -0.459 e. The smallest absolute Gasteiger partial charge is 0.331 e. The van der Waals surface area contributed by atoms with Gasteiger partial charge in [0, 0.05) is 30.9 Å². The van der Waals surface area contributed by atoms with Crippen LogP contribution in [0.1, 0.15) is 40.0 Å². The Kier molecular flexibility index (Phi) is 4.44. The number of fused-ring (bicyclic) bond motifs is 1. The lowest BCUT2D eigenvalue weighted by atomic mass is 9.50. The first-order valence-corrected chi connectivity index (χ1v) is 10.9. The molecule has 0 aromatic heterocycles. The highest BCUT2D eigenvalue weighted by Crippen LogP contribution is 2.74. The van der Waals surface area contributed by atoms with Crippen LogP contribution in [0.25, 0.3) is 0 Å². The predicted octanol–water partition coefficient (Wildman–Crippen LogP) is 2.90. The van der Waals surface area contributed by atoms with Crippen LogP contribution in [0.15, 0.2) is 11.5 Å². The van der Waals surface area contributed by atoms with E-state index in [1.807, 2.05) is 13.2 Å². The van der Waals surface area contributed by atoms with E-state index >= 15 is 0 Å².